The molecule has 1 rings (SSSR count). The molecule has 3 heteroatoms. The van der Waals surface area contributed by atoms with Crippen molar-refractivity contribution in [3.05, 3.63) is 35.4 Å². The van der Waals surface area contributed by atoms with Gasteiger partial charge in [0, 0.05) is 12.6 Å². The average Bonchev–Trinajstić information content (AvgIpc) is 2.36. The van der Waals surface area contributed by atoms with Gasteiger partial charge in [-0.15, -0.1) is 0 Å². The zero-order chi connectivity index (χ0) is 13.5. The van der Waals surface area contributed by atoms with Crippen molar-refractivity contribution in [1.82, 2.24) is 5.32 Å². The Hall–Kier alpha value is -1.35. The van der Waals surface area contributed by atoms with Crippen LogP contribution >= 0.6 is 0 Å². The maximum atomic E-state index is 10.9. The molecule has 1 aromatic rings. The Bertz CT molecular complexity index is 373. The molecule has 0 radical (unpaired) electrons. The largest absolute Gasteiger partial charge is 0.481 e. The lowest BCUT2D eigenvalue weighted by molar-refractivity contribution is -0.138. The van der Waals surface area contributed by atoms with Gasteiger partial charge in [-0.1, -0.05) is 37.6 Å². The van der Waals surface area contributed by atoms with Gasteiger partial charge in [-0.25, -0.2) is 0 Å². The zero-order valence-corrected chi connectivity index (χ0v) is 11.4. The lowest BCUT2D eigenvalue weighted by Crippen LogP contribution is -2.25. The first kappa shape index (κ1) is 14.7. The number of carboxylic acids is 1. The van der Waals surface area contributed by atoms with E-state index >= 15 is 0 Å². The van der Waals surface area contributed by atoms with E-state index in [1.54, 1.807) is 6.92 Å². The van der Waals surface area contributed by atoms with E-state index < -0.39 is 11.9 Å². The monoisotopic (exact) mass is 249 g/mol. The van der Waals surface area contributed by atoms with Crippen molar-refractivity contribution in [2.75, 3.05) is 0 Å². The fourth-order valence-corrected chi connectivity index (χ4v) is 1.89. The van der Waals surface area contributed by atoms with Crippen LogP contribution in [0.5, 0.6) is 0 Å². The molecule has 2 unspecified atom stereocenters. The second kappa shape index (κ2) is 7.17. The van der Waals surface area contributed by atoms with Crippen molar-refractivity contribution in [2.45, 2.75) is 52.1 Å². The van der Waals surface area contributed by atoms with E-state index in [9.17, 15) is 4.79 Å². The Morgan fingerprint density at radius 1 is 1.28 bits per heavy atom. The molecule has 100 valence electrons. The van der Waals surface area contributed by atoms with Gasteiger partial charge in [-0.3, -0.25) is 4.79 Å². The standard InChI is InChI=1S/C15H23NO2/c1-4-5-11(2)16-10-13-6-8-14(9-7-13)12(3)15(17)18/h6-9,11-12,16H,4-5,10H2,1-3H3,(H,17,18). The Kier molecular flexibility index (Phi) is 5.86. The Morgan fingerprint density at radius 2 is 1.89 bits per heavy atom. The SMILES string of the molecule is CCCC(C)NCc1ccc(C(C)C(=O)O)cc1. The number of carbonyl (C=O) groups is 1. The summed E-state index contributed by atoms with van der Waals surface area (Å²) in [5.41, 5.74) is 2.05. The highest BCUT2D eigenvalue weighted by molar-refractivity contribution is 5.75. The summed E-state index contributed by atoms with van der Waals surface area (Å²) in [5, 5.41) is 12.4. The normalized spacial score (nSPS) is 14.2. The van der Waals surface area contributed by atoms with Crippen LogP contribution in [0.4, 0.5) is 0 Å². The lowest BCUT2D eigenvalue weighted by Gasteiger charge is -2.13. The Morgan fingerprint density at radius 3 is 2.39 bits per heavy atom. The number of nitrogens with one attached hydrogen (secondary N) is 1. The van der Waals surface area contributed by atoms with Gasteiger partial charge in [0.2, 0.25) is 0 Å². The number of carboxylic acid groups (broad SMARTS) is 1. The summed E-state index contributed by atoms with van der Waals surface area (Å²) in [6, 6.07) is 8.33. The average molecular weight is 249 g/mol. The van der Waals surface area contributed by atoms with Gasteiger partial charge in [0.1, 0.15) is 0 Å². The number of benzene rings is 1. The first-order valence-electron chi connectivity index (χ1n) is 6.59. The first-order valence-corrected chi connectivity index (χ1v) is 6.59. The molecule has 0 aliphatic carbocycles. The van der Waals surface area contributed by atoms with Crippen LogP contribution in [0, 0.1) is 0 Å². The molecule has 18 heavy (non-hydrogen) atoms. The van der Waals surface area contributed by atoms with Crippen LogP contribution in [0.3, 0.4) is 0 Å². The van der Waals surface area contributed by atoms with Crippen LogP contribution in [-0.4, -0.2) is 17.1 Å². The van der Waals surface area contributed by atoms with Crippen LogP contribution in [-0.2, 0) is 11.3 Å². The van der Waals surface area contributed by atoms with Crippen molar-refractivity contribution >= 4 is 5.97 Å². The van der Waals surface area contributed by atoms with E-state index in [4.69, 9.17) is 5.11 Å². The summed E-state index contributed by atoms with van der Waals surface area (Å²) in [5.74, 6) is -1.22. The number of aliphatic carboxylic acids is 1. The summed E-state index contributed by atoms with van der Waals surface area (Å²) in [6.07, 6.45) is 2.36. The second-order valence-electron chi connectivity index (χ2n) is 4.87. The lowest BCUT2D eigenvalue weighted by atomic mass is 10.00. The predicted octanol–water partition coefficient (Wildman–Crippen LogP) is 3.15. The minimum atomic E-state index is -0.780. The minimum Gasteiger partial charge on any atom is -0.481 e. The molecule has 0 spiro atoms. The summed E-state index contributed by atoms with van der Waals surface area (Å²) in [4.78, 5) is 10.9. The molecule has 0 aromatic heterocycles. The number of rotatable bonds is 7. The molecular formula is C15H23NO2. The molecule has 0 fully saturated rings. The molecule has 0 amide bonds. The van der Waals surface area contributed by atoms with Crippen molar-refractivity contribution < 1.29 is 9.90 Å². The highest BCUT2D eigenvalue weighted by Crippen LogP contribution is 2.16. The molecule has 0 aliphatic rings. The quantitative estimate of drug-likeness (QED) is 0.780. The van der Waals surface area contributed by atoms with Crippen molar-refractivity contribution in [3.63, 3.8) is 0 Å². The third kappa shape index (κ3) is 4.49. The Labute approximate surface area is 109 Å². The number of hydrogen-bond donors (Lipinski definition) is 2. The van der Waals surface area contributed by atoms with Gasteiger partial charge in [-0.2, -0.15) is 0 Å². The van der Waals surface area contributed by atoms with Crippen molar-refractivity contribution in [1.29, 1.82) is 0 Å². The topological polar surface area (TPSA) is 49.3 Å². The number of hydrogen-bond acceptors (Lipinski definition) is 2. The molecule has 0 saturated carbocycles. The second-order valence-corrected chi connectivity index (χ2v) is 4.87. The van der Waals surface area contributed by atoms with Gasteiger partial charge in [0.25, 0.3) is 0 Å². The van der Waals surface area contributed by atoms with Crippen molar-refractivity contribution in [3.8, 4) is 0 Å². The molecule has 2 N–H and O–H groups in total. The van der Waals surface area contributed by atoms with Gasteiger partial charge < -0.3 is 10.4 Å². The molecule has 0 bridgehead atoms. The molecule has 0 saturated heterocycles. The highest BCUT2D eigenvalue weighted by Gasteiger charge is 2.12. The third-order valence-electron chi connectivity index (χ3n) is 3.23. The molecule has 0 aliphatic heterocycles. The zero-order valence-electron chi connectivity index (χ0n) is 11.4. The Balaban J connectivity index is 2.53. The van der Waals surface area contributed by atoms with E-state index in [1.165, 1.54) is 18.4 Å². The van der Waals surface area contributed by atoms with Gasteiger partial charge in [0.15, 0.2) is 0 Å². The van der Waals surface area contributed by atoms with E-state index in [-0.39, 0.29) is 0 Å². The van der Waals surface area contributed by atoms with Crippen LogP contribution in [0.1, 0.15) is 50.7 Å². The van der Waals surface area contributed by atoms with E-state index in [0.29, 0.717) is 6.04 Å². The molecular weight excluding hydrogens is 226 g/mol. The van der Waals surface area contributed by atoms with Crippen LogP contribution in [0.2, 0.25) is 0 Å². The van der Waals surface area contributed by atoms with Gasteiger partial charge >= 0.3 is 5.97 Å². The van der Waals surface area contributed by atoms with E-state index in [2.05, 4.69) is 19.2 Å². The fourth-order valence-electron chi connectivity index (χ4n) is 1.89. The first-order chi connectivity index (χ1) is 8.54. The maximum absolute atomic E-state index is 10.9. The predicted molar refractivity (Wildman–Crippen MR) is 73.7 cm³/mol. The van der Waals surface area contributed by atoms with Gasteiger partial charge in [0.05, 0.1) is 5.92 Å². The molecule has 2 atom stereocenters. The maximum Gasteiger partial charge on any atom is 0.310 e. The summed E-state index contributed by atoms with van der Waals surface area (Å²) >= 11 is 0. The van der Waals surface area contributed by atoms with E-state index in [1.807, 2.05) is 24.3 Å². The highest BCUT2D eigenvalue weighted by atomic mass is 16.4. The minimum absolute atomic E-state index is 0.439. The van der Waals surface area contributed by atoms with Gasteiger partial charge in [-0.05, 0) is 31.4 Å². The van der Waals surface area contributed by atoms with E-state index in [0.717, 1.165) is 12.1 Å². The fraction of sp³-hybridized carbons (Fsp3) is 0.533. The molecule has 1 aromatic carbocycles. The summed E-state index contributed by atoms with van der Waals surface area (Å²) < 4.78 is 0. The van der Waals surface area contributed by atoms with Crippen LogP contribution in [0.15, 0.2) is 24.3 Å². The van der Waals surface area contributed by atoms with Crippen molar-refractivity contribution in [2.24, 2.45) is 0 Å². The third-order valence-corrected chi connectivity index (χ3v) is 3.23. The van der Waals surface area contributed by atoms with Crippen LogP contribution in [0.25, 0.3) is 0 Å². The van der Waals surface area contributed by atoms with Crippen LogP contribution < -0.4 is 5.32 Å². The smallest absolute Gasteiger partial charge is 0.310 e. The molecule has 3 nitrogen and oxygen atoms in total. The summed E-state index contributed by atoms with van der Waals surface area (Å²) in [7, 11) is 0. The molecule has 0 heterocycles. The summed E-state index contributed by atoms with van der Waals surface area (Å²) in [6.45, 7) is 6.91.